The summed E-state index contributed by atoms with van der Waals surface area (Å²) in [5.41, 5.74) is 0.101. The highest BCUT2D eigenvalue weighted by molar-refractivity contribution is 7.09. The highest BCUT2D eigenvalue weighted by Gasteiger charge is 2.43. The first kappa shape index (κ1) is 17.0. The lowest BCUT2D eigenvalue weighted by molar-refractivity contribution is -0.0465. The van der Waals surface area contributed by atoms with Gasteiger partial charge in [0.15, 0.2) is 0 Å². The number of likely N-dealkylation sites (tertiary alicyclic amines) is 2. The second-order valence-electron chi connectivity index (χ2n) is 7.60. The predicted molar refractivity (Wildman–Crippen MR) is 97.5 cm³/mol. The number of rotatable bonds is 6. The molecule has 5 heteroatoms. The van der Waals surface area contributed by atoms with Gasteiger partial charge < -0.3 is 14.4 Å². The molecule has 4 rings (SSSR count). The first-order valence-corrected chi connectivity index (χ1v) is 10.4. The number of nitrogens with zero attached hydrogens (tertiary/aromatic N) is 2. The highest BCUT2D eigenvalue weighted by Crippen LogP contribution is 2.37. The molecule has 1 aromatic rings. The Labute approximate surface area is 149 Å². The number of hydrogen-bond donors (Lipinski definition) is 0. The van der Waals surface area contributed by atoms with E-state index >= 15 is 0 Å². The Morgan fingerprint density at radius 3 is 2.75 bits per heavy atom. The van der Waals surface area contributed by atoms with Crippen molar-refractivity contribution in [2.75, 3.05) is 45.9 Å². The van der Waals surface area contributed by atoms with Crippen LogP contribution < -0.4 is 0 Å². The average Bonchev–Trinajstić information content (AvgIpc) is 3.34. The van der Waals surface area contributed by atoms with Crippen molar-refractivity contribution in [1.29, 1.82) is 0 Å². The first-order chi connectivity index (χ1) is 11.8. The average molecular weight is 351 g/mol. The maximum atomic E-state index is 6.24. The van der Waals surface area contributed by atoms with E-state index < -0.39 is 0 Å². The van der Waals surface area contributed by atoms with E-state index in [0.29, 0.717) is 6.10 Å². The predicted octanol–water partition coefficient (Wildman–Crippen LogP) is 2.98. The molecule has 0 bridgehead atoms. The highest BCUT2D eigenvalue weighted by atomic mass is 32.1. The summed E-state index contributed by atoms with van der Waals surface area (Å²) in [5.74, 6) is 0. The molecule has 3 aliphatic rings. The third-order valence-electron chi connectivity index (χ3n) is 5.86. The summed E-state index contributed by atoms with van der Waals surface area (Å²) in [4.78, 5) is 6.57. The Kier molecular flexibility index (Phi) is 5.54. The number of piperidine rings is 1. The molecule has 0 saturated carbocycles. The van der Waals surface area contributed by atoms with Gasteiger partial charge in [-0.2, -0.15) is 0 Å². The van der Waals surface area contributed by atoms with Gasteiger partial charge in [0.1, 0.15) is 0 Å². The second kappa shape index (κ2) is 7.83. The van der Waals surface area contributed by atoms with Crippen molar-refractivity contribution in [3.63, 3.8) is 0 Å². The van der Waals surface area contributed by atoms with Gasteiger partial charge in [-0.25, -0.2) is 0 Å². The molecule has 1 spiro atoms. The van der Waals surface area contributed by atoms with Crippen LogP contribution >= 0.6 is 11.3 Å². The van der Waals surface area contributed by atoms with E-state index in [9.17, 15) is 0 Å². The Hall–Kier alpha value is -0.460. The Bertz CT molecular complexity index is 493. The van der Waals surface area contributed by atoms with Crippen LogP contribution in [0.3, 0.4) is 0 Å². The van der Waals surface area contributed by atoms with Crippen molar-refractivity contribution in [2.24, 2.45) is 0 Å². The Morgan fingerprint density at radius 2 is 2.00 bits per heavy atom. The molecule has 0 amide bonds. The van der Waals surface area contributed by atoms with Gasteiger partial charge in [-0.15, -0.1) is 11.3 Å². The number of ether oxygens (including phenoxy) is 2. The van der Waals surface area contributed by atoms with Crippen LogP contribution in [-0.2, 0) is 16.0 Å². The minimum Gasteiger partial charge on any atom is -0.374 e. The van der Waals surface area contributed by atoms with Gasteiger partial charge in [0.2, 0.25) is 0 Å². The van der Waals surface area contributed by atoms with Crippen LogP contribution in [0.25, 0.3) is 0 Å². The van der Waals surface area contributed by atoms with E-state index in [0.717, 1.165) is 58.7 Å². The largest absolute Gasteiger partial charge is 0.374 e. The molecule has 0 radical (unpaired) electrons. The monoisotopic (exact) mass is 350 g/mol. The van der Waals surface area contributed by atoms with Gasteiger partial charge in [0.05, 0.1) is 24.9 Å². The molecule has 1 atom stereocenters. The summed E-state index contributed by atoms with van der Waals surface area (Å²) >= 11 is 1.86. The molecule has 24 heavy (non-hydrogen) atoms. The van der Waals surface area contributed by atoms with Crippen molar-refractivity contribution in [3.05, 3.63) is 22.4 Å². The summed E-state index contributed by atoms with van der Waals surface area (Å²) in [6, 6.07) is 4.39. The van der Waals surface area contributed by atoms with Crippen LogP contribution in [0.1, 0.15) is 37.0 Å². The maximum Gasteiger partial charge on any atom is 0.0836 e. The molecule has 0 aromatic carbocycles. The fourth-order valence-electron chi connectivity index (χ4n) is 4.35. The van der Waals surface area contributed by atoms with E-state index in [1.165, 1.54) is 30.8 Å². The van der Waals surface area contributed by atoms with Gasteiger partial charge in [-0.05, 0) is 50.2 Å². The fraction of sp³-hybridized carbons (Fsp3) is 0.789. The summed E-state index contributed by atoms with van der Waals surface area (Å²) in [6.45, 7) is 8.68. The van der Waals surface area contributed by atoms with Crippen LogP contribution in [0.15, 0.2) is 17.5 Å². The van der Waals surface area contributed by atoms with Gasteiger partial charge in [0, 0.05) is 37.5 Å². The summed E-state index contributed by atoms with van der Waals surface area (Å²) in [7, 11) is 0. The molecule has 134 valence electrons. The maximum absolute atomic E-state index is 6.24. The molecular formula is C19H30N2O2S. The lowest BCUT2D eigenvalue weighted by Gasteiger charge is -2.38. The SMILES string of the molecule is c1csc(CN2CCC3(CC2)C[C@H](OCCN2CCCC2)CO3)c1. The van der Waals surface area contributed by atoms with E-state index in [-0.39, 0.29) is 5.60 Å². The smallest absolute Gasteiger partial charge is 0.0836 e. The molecule has 1 aromatic heterocycles. The zero-order valence-electron chi connectivity index (χ0n) is 14.6. The normalized spacial score (nSPS) is 28.1. The molecule has 3 fully saturated rings. The number of hydrogen-bond acceptors (Lipinski definition) is 5. The standard InChI is InChI=1S/C19H30N2O2S/c1-2-8-20(7-1)11-12-22-17-14-19(23-16-17)5-9-21(10-6-19)15-18-4-3-13-24-18/h3-4,13,17H,1-2,5-12,14-16H2/t17-/m0/s1. The van der Waals surface area contributed by atoms with E-state index in [2.05, 4.69) is 27.3 Å². The molecule has 3 saturated heterocycles. The molecule has 0 unspecified atom stereocenters. The fourth-order valence-corrected chi connectivity index (χ4v) is 5.10. The molecular weight excluding hydrogens is 320 g/mol. The van der Waals surface area contributed by atoms with Gasteiger partial charge in [-0.3, -0.25) is 4.90 Å². The zero-order valence-corrected chi connectivity index (χ0v) is 15.4. The van der Waals surface area contributed by atoms with Crippen LogP contribution in [0.2, 0.25) is 0 Å². The van der Waals surface area contributed by atoms with E-state index in [1.54, 1.807) is 0 Å². The van der Waals surface area contributed by atoms with E-state index in [4.69, 9.17) is 9.47 Å². The van der Waals surface area contributed by atoms with Crippen molar-refractivity contribution in [2.45, 2.75) is 50.4 Å². The van der Waals surface area contributed by atoms with Crippen LogP contribution in [0.5, 0.6) is 0 Å². The van der Waals surface area contributed by atoms with Crippen LogP contribution in [0, 0.1) is 0 Å². The quantitative estimate of drug-likeness (QED) is 0.787. The molecule has 0 N–H and O–H groups in total. The molecule has 3 aliphatic heterocycles. The van der Waals surface area contributed by atoms with Gasteiger partial charge in [-0.1, -0.05) is 6.07 Å². The van der Waals surface area contributed by atoms with Crippen molar-refractivity contribution >= 4 is 11.3 Å². The van der Waals surface area contributed by atoms with Crippen LogP contribution in [0.4, 0.5) is 0 Å². The number of thiophene rings is 1. The molecule has 0 aliphatic carbocycles. The van der Waals surface area contributed by atoms with Crippen molar-refractivity contribution in [1.82, 2.24) is 9.80 Å². The summed E-state index contributed by atoms with van der Waals surface area (Å²) in [6.07, 6.45) is 6.44. The zero-order chi connectivity index (χ0) is 16.2. The third kappa shape index (κ3) is 4.20. The third-order valence-corrected chi connectivity index (χ3v) is 6.72. The van der Waals surface area contributed by atoms with Crippen molar-refractivity contribution in [3.8, 4) is 0 Å². The minimum absolute atomic E-state index is 0.101. The topological polar surface area (TPSA) is 24.9 Å². The van der Waals surface area contributed by atoms with E-state index in [1.807, 2.05) is 11.3 Å². The van der Waals surface area contributed by atoms with Gasteiger partial charge in [0.25, 0.3) is 0 Å². The van der Waals surface area contributed by atoms with Crippen LogP contribution in [-0.4, -0.2) is 67.4 Å². The lowest BCUT2D eigenvalue weighted by atomic mass is 9.88. The second-order valence-corrected chi connectivity index (χ2v) is 8.63. The Balaban J connectivity index is 1.17. The molecule has 4 nitrogen and oxygen atoms in total. The lowest BCUT2D eigenvalue weighted by Crippen LogP contribution is -2.43. The summed E-state index contributed by atoms with van der Waals surface area (Å²) in [5, 5.41) is 2.17. The minimum atomic E-state index is 0.101. The Morgan fingerprint density at radius 1 is 1.17 bits per heavy atom. The molecule has 4 heterocycles. The van der Waals surface area contributed by atoms with Gasteiger partial charge >= 0.3 is 0 Å². The first-order valence-electron chi connectivity index (χ1n) is 9.54. The van der Waals surface area contributed by atoms with Crippen molar-refractivity contribution < 1.29 is 9.47 Å². The summed E-state index contributed by atoms with van der Waals surface area (Å²) < 4.78 is 12.4.